The molecule has 2 saturated carbocycles. The molecule has 2 aliphatic carbocycles. The van der Waals surface area contributed by atoms with Crippen LogP contribution in [-0.2, 0) is 10.0 Å². The third kappa shape index (κ3) is 6.29. The normalized spacial score (nSPS) is 22.8. The first-order valence-corrected chi connectivity index (χ1v) is 15.9. The molecule has 0 unspecified atom stereocenters. The Morgan fingerprint density at radius 2 is 1.49 bits per heavy atom. The maximum absolute atomic E-state index is 13.4. The minimum absolute atomic E-state index is 0. The quantitative estimate of drug-likeness (QED) is 0.406. The number of benzene rings is 1. The smallest absolute Gasteiger partial charge is 0.243 e. The van der Waals surface area contributed by atoms with Gasteiger partial charge in [0.2, 0.25) is 16.0 Å². The number of sulfonamides is 1. The highest BCUT2D eigenvalue weighted by Gasteiger charge is 2.37. The number of rotatable bonds is 6. The van der Waals surface area contributed by atoms with Gasteiger partial charge in [-0.1, -0.05) is 30.5 Å². The van der Waals surface area contributed by atoms with Crippen molar-refractivity contribution in [2.24, 2.45) is 5.73 Å². The largest absolute Gasteiger partial charge is 0.382 e. The third-order valence-electron chi connectivity index (χ3n) is 9.00. The molecule has 3 aliphatic rings. The molecule has 3 aromatic rings. The standard InChI is InChI=1S/C28H40N8O2S.2ClH/c1-19-6-12-24(13-7-19)39(37,38)34-16-14-23(15-17-34)36(22-10-8-20(29)9-11-22)28-32-26(30)25-27(33-28)35(18-31-25)21-4-2-3-5-21;;/h6-7,12-13,18,20-23H,2-5,8-11,14-17,29H2,1H3,(H2,30,32,33);2*1H/t20-,22-;;. The number of aromatic nitrogens is 4. The van der Waals surface area contributed by atoms with E-state index in [0.717, 1.165) is 49.7 Å². The molecule has 10 nitrogen and oxygen atoms in total. The Labute approximate surface area is 255 Å². The van der Waals surface area contributed by atoms with Crippen molar-refractivity contribution in [2.45, 2.75) is 100 Å². The zero-order valence-electron chi connectivity index (χ0n) is 23.6. The van der Waals surface area contributed by atoms with E-state index in [1.807, 2.05) is 25.4 Å². The zero-order chi connectivity index (χ0) is 27.1. The van der Waals surface area contributed by atoms with Gasteiger partial charge in [0.15, 0.2) is 11.5 Å². The first-order chi connectivity index (χ1) is 18.8. The average Bonchev–Trinajstić information content (AvgIpc) is 3.61. The zero-order valence-corrected chi connectivity index (χ0v) is 26.0. The van der Waals surface area contributed by atoms with Crippen LogP contribution in [0.3, 0.4) is 0 Å². The lowest BCUT2D eigenvalue weighted by Crippen LogP contribution is -2.52. The van der Waals surface area contributed by atoms with Gasteiger partial charge in [-0.05, 0) is 70.4 Å². The molecule has 13 heteroatoms. The highest BCUT2D eigenvalue weighted by atomic mass is 35.5. The summed E-state index contributed by atoms with van der Waals surface area (Å²) in [5.74, 6) is 1.05. The SMILES string of the molecule is Cc1ccc(S(=O)(=O)N2CCC(N(c3nc(N)c4ncn(C5CCCC5)c4n3)[C@H]3CC[C@H](N)CC3)CC2)cc1.Cl.Cl. The van der Waals surface area contributed by atoms with Crippen LogP contribution in [0.25, 0.3) is 11.2 Å². The maximum atomic E-state index is 13.4. The number of imidazole rings is 1. The van der Waals surface area contributed by atoms with Gasteiger partial charge in [-0.25, -0.2) is 13.4 Å². The van der Waals surface area contributed by atoms with Crippen molar-refractivity contribution < 1.29 is 8.42 Å². The number of halogens is 2. The number of nitrogens with zero attached hydrogens (tertiary/aromatic N) is 6. The van der Waals surface area contributed by atoms with E-state index in [0.29, 0.717) is 54.2 Å². The molecule has 4 N–H and O–H groups in total. The van der Waals surface area contributed by atoms with Gasteiger partial charge < -0.3 is 20.9 Å². The molecule has 2 aromatic heterocycles. The van der Waals surface area contributed by atoms with E-state index in [1.54, 1.807) is 16.4 Å². The van der Waals surface area contributed by atoms with Crippen molar-refractivity contribution >= 4 is 57.8 Å². The second-order valence-electron chi connectivity index (χ2n) is 11.6. The predicted molar refractivity (Wildman–Crippen MR) is 167 cm³/mol. The van der Waals surface area contributed by atoms with Crippen LogP contribution in [-0.4, -0.2) is 63.5 Å². The number of hydrogen-bond acceptors (Lipinski definition) is 8. The number of piperidine rings is 1. The molecule has 0 radical (unpaired) electrons. The summed E-state index contributed by atoms with van der Waals surface area (Å²) < 4.78 is 30.5. The van der Waals surface area contributed by atoms with E-state index in [-0.39, 0.29) is 42.9 Å². The summed E-state index contributed by atoms with van der Waals surface area (Å²) in [5.41, 5.74) is 15.3. The minimum Gasteiger partial charge on any atom is -0.382 e. The molecular formula is C28H42Cl2N8O2S. The van der Waals surface area contributed by atoms with Crippen molar-refractivity contribution in [3.63, 3.8) is 0 Å². The van der Waals surface area contributed by atoms with Gasteiger partial charge in [-0.3, -0.25) is 0 Å². The molecule has 1 aromatic carbocycles. The van der Waals surface area contributed by atoms with Gasteiger partial charge >= 0.3 is 0 Å². The van der Waals surface area contributed by atoms with Crippen molar-refractivity contribution in [2.75, 3.05) is 23.7 Å². The maximum Gasteiger partial charge on any atom is 0.243 e. The molecule has 0 amide bonds. The summed E-state index contributed by atoms with van der Waals surface area (Å²) in [5, 5.41) is 0. The molecule has 41 heavy (non-hydrogen) atoms. The number of nitrogen functional groups attached to an aromatic ring is 1. The van der Waals surface area contributed by atoms with Crippen LogP contribution in [0.2, 0.25) is 0 Å². The molecule has 0 atom stereocenters. The van der Waals surface area contributed by atoms with Crippen LogP contribution < -0.4 is 16.4 Å². The van der Waals surface area contributed by atoms with Gasteiger partial charge in [0.1, 0.15) is 5.52 Å². The Hall–Kier alpha value is -2.18. The van der Waals surface area contributed by atoms with Crippen LogP contribution in [0.1, 0.15) is 75.8 Å². The van der Waals surface area contributed by atoms with Crippen molar-refractivity contribution in [1.29, 1.82) is 0 Å². The van der Waals surface area contributed by atoms with Crippen LogP contribution >= 0.6 is 24.8 Å². The Morgan fingerprint density at radius 1 is 0.878 bits per heavy atom. The summed E-state index contributed by atoms with van der Waals surface area (Å²) in [6.45, 7) is 2.88. The van der Waals surface area contributed by atoms with Gasteiger partial charge in [-0.15, -0.1) is 24.8 Å². The Kier molecular flexibility index (Phi) is 10.1. The van der Waals surface area contributed by atoms with E-state index in [4.69, 9.17) is 21.4 Å². The second kappa shape index (κ2) is 13.0. The summed E-state index contributed by atoms with van der Waals surface area (Å²) >= 11 is 0. The molecule has 1 saturated heterocycles. The molecule has 3 heterocycles. The fourth-order valence-corrected chi connectivity index (χ4v) is 8.19. The summed E-state index contributed by atoms with van der Waals surface area (Å²) in [6, 6.07) is 8.09. The van der Waals surface area contributed by atoms with E-state index >= 15 is 0 Å². The molecule has 0 bridgehead atoms. The van der Waals surface area contributed by atoms with Crippen LogP contribution in [0.15, 0.2) is 35.5 Å². The highest BCUT2D eigenvalue weighted by Crippen LogP contribution is 2.36. The van der Waals surface area contributed by atoms with Gasteiger partial charge in [0, 0.05) is 37.3 Å². The topological polar surface area (TPSA) is 136 Å². The molecule has 1 aliphatic heterocycles. The van der Waals surface area contributed by atoms with E-state index in [2.05, 4.69) is 14.5 Å². The van der Waals surface area contributed by atoms with E-state index < -0.39 is 10.0 Å². The molecule has 3 fully saturated rings. The molecule has 226 valence electrons. The number of fused-ring (bicyclic) bond motifs is 1. The average molecular weight is 626 g/mol. The highest BCUT2D eigenvalue weighted by molar-refractivity contribution is 7.89. The number of anilines is 2. The Balaban J connectivity index is 0.00000194. The number of nitrogens with two attached hydrogens (primary N) is 2. The lowest BCUT2D eigenvalue weighted by molar-refractivity contribution is 0.277. The summed E-state index contributed by atoms with van der Waals surface area (Å²) in [6.07, 6.45) is 11.8. The molecule has 0 spiro atoms. The van der Waals surface area contributed by atoms with Crippen molar-refractivity contribution in [1.82, 2.24) is 23.8 Å². The van der Waals surface area contributed by atoms with Crippen LogP contribution in [0.5, 0.6) is 0 Å². The fraction of sp³-hybridized carbons (Fsp3) is 0.607. The summed E-state index contributed by atoms with van der Waals surface area (Å²) in [7, 11) is -3.53. The second-order valence-corrected chi connectivity index (χ2v) is 13.5. The number of hydrogen-bond donors (Lipinski definition) is 2. The molecular weight excluding hydrogens is 583 g/mol. The van der Waals surface area contributed by atoms with E-state index in [9.17, 15) is 8.42 Å². The lowest BCUT2D eigenvalue weighted by Gasteiger charge is -2.44. The van der Waals surface area contributed by atoms with Gasteiger partial charge in [0.05, 0.1) is 11.2 Å². The Morgan fingerprint density at radius 3 is 2.12 bits per heavy atom. The Bertz CT molecular complexity index is 1410. The number of aryl methyl sites for hydroxylation is 1. The van der Waals surface area contributed by atoms with Crippen molar-refractivity contribution in [3.05, 3.63) is 36.2 Å². The summed E-state index contributed by atoms with van der Waals surface area (Å²) in [4.78, 5) is 17.2. The molecule has 6 rings (SSSR count). The van der Waals surface area contributed by atoms with Gasteiger partial charge in [-0.2, -0.15) is 14.3 Å². The van der Waals surface area contributed by atoms with Crippen LogP contribution in [0.4, 0.5) is 11.8 Å². The van der Waals surface area contributed by atoms with Gasteiger partial charge in [0.25, 0.3) is 0 Å². The van der Waals surface area contributed by atoms with Crippen molar-refractivity contribution in [3.8, 4) is 0 Å². The fourth-order valence-electron chi connectivity index (χ4n) is 6.72. The first-order valence-electron chi connectivity index (χ1n) is 14.4. The van der Waals surface area contributed by atoms with Crippen LogP contribution in [0, 0.1) is 6.92 Å². The minimum atomic E-state index is -3.53. The first kappa shape index (κ1) is 31.7. The lowest BCUT2D eigenvalue weighted by atomic mass is 9.89. The van der Waals surface area contributed by atoms with E-state index in [1.165, 1.54) is 12.8 Å². The monoisotopic (exact) mass is 624 g/mol. The predicted octanol–water partition coefficient (Wildman–Crippen LogP) is 4.61. The third-order valence-corrected chi connectivity index (χ3v) is 10.9.